The summed E-state index contributed by atoms with van der Waals surface area (Å²) >= 11 is 0. The van der Waals surface area contributed by atoms with Crippen molar-refractivity contribution in [3.05, 3.63) is 0 Å². The number of halogens is 2. The smallest absolute Gasteiger partial charge is 0.405 e. The molecule has 0 amide bonds. The molecule has 0 aromatic rings. The molecule has 0 aromatic carbocycles. The second-order valence-electron chi connectivity index (χ2n) is 9.34. The summed E-state index contributed by atoms with van der Waals surface area (Å²) in [5.41, 5.74) is -2.36. The molecule has 0 heterocycles. The van der Waals surface area contributed by atoms with Crippen LogP contribution < -0.4 is 0 Å². The lowest BCUT2D eigenvalue weighted by Gasteiger charge is -2.65. The fraction of sp³-hybridized carbons (Fsp3) is 0.947. The van der Waals surface area contributed by atoms with E-state index in [0.29, 0.717) is 32.1 Å². The van der Waals surface area contributed by atoms with E-state index in [9.17, 15) is 27.1 Å². The summed E-state index contributed by atoms with van der Waals surface area (Å²) in [5.74, 6) is -0.400. The van der Waals surface area contributed by atoms with Gasteiger partial charge in [-0.1, -0.05) is 13.8 Å². The van der Waals surface area contributed by atoms with Crippen molar-refractivity contribution in [1.82, 2.24) is 0 Å². The minimum atomic E-state index is -5.70. The molecule has 0 spiro atoms. The Balaban J connectivity index is 1.89. The lowest BCUT2D eigenvalue weighted by atomic mass is 9.40. The third kappa shape index (κ3) is 3.08. The second kappa shape index (κ2) is 6.60. The Morgan fingerprint density at radius 1 is 1.18 bits per heavy atom. The van der Waals surface area contributed by atoms with Crippen LogP contribution in [0.3, 0.4) is 0 Å². The summed E-state index contributed by atoms with van der Waals surface area (Å²) < 4.78 is 63.4. The maximum Gasteiger partial charge on any atom is 0.405 e. The third-order valence-electron chi connectivity index (χ3n) is 7.75. The Labute approximate surface area is 164 Å². The van der Waals surface area contributed by atoms with Crippen molar-refractivity contribution in [3.8, 4) is 0 Å². The minimum Gasteiger partial charge on any atom is -0.454 e. The molecule has 9 heteroatoms. The molecule has 3 unspecified atom stereocenters. The molecular formula is C19H30F2O6S. The van der Waals surface area contributed by atoms with Gasteiger partial charge in [0, 0.05) is 5.41 Å². The fourth-order valence-corrected chi connectivity index (χ4v) is 7.08. The van der Waals surface area contributed by atoms with Gasteiger partial charge in [0.05, 0.1) is 11.0 Å². The number of hydrogen-bond acceptors (Lipinski definition) is 5. The number of alkyl halides is 2. The first-order valence-electron chi connectivity index (χ1n) is 10.0. The van der Waals surface area contributed by atoms with Crippen molar-refractivity contribution in [2.75, 3.05) is 0 Å². The molecule has 4 fully saturated rings. The molecule has 0 aliphatic heterocycles. The summed E-state index contributed by atoms with van der Waals surface area (Å²) in [6.07, 6.45) is 2.77. The largest absolute Gasteiger partial charge is 0.454 e. The zero-order chi connectivity index (χ0) is 21.2. The number of ether oxygens (including phenoxy) is 1. The minimum absolute atomic E-state index is 0.218. The summed E-state index contributed by atoms with van der Waals surface area (Å²) in [6, 6.07) is 0. The van der Waals surface area contributed by atoms with Crippen molar-refractivity contribution >= 4 is 16.1 Å². The van der Waals surface area contributed by atoms with Crippen LogP contribution in [0.15, 0.2) is 0 Å². The molecule has 6 nitrogen and oxygen atoms in total. The van der Waals surface area contributed by atoms with Gasteiger partial charge in [-0.3, -0.25) is 9.35 Å². The molecular weight excluding hydrogens is 394 g/mol. The number of aliphatic hydroxyl groups is 1. The highest BCUT2D eigenvalue weighted by Crippen LogP contribution is 2.69. The summed E-state index contributed by atoms with van der Waals surface area (Å²) in [5, 5.41) is 6.75. The average Bonchev–Trinajstić information content (AvgIpc) is 2.58. The maximum absolute atomic E-state index is 13.9. The summed E-state index contributed by atoms with van der Waals surface area (Å²) in [4.78, 5) is 13.0. The van der Waals surface area contributed by atoms with E-state index in [4.69, 9.17) is 9.29 Å². The fourth-order valence-electron chi connectivity index (χ4n) is 6.61. The van der Waals surface area contributed by atoms with Crippen molar-refractivity contribution in [1.29, 1.82) is 0 Å². The van der Waals surface area contributed by atoms with Gasteiger partial charge in [0.15, 0.2) is 6.10 Å². The second-order valence-corrected chi connectivity index (χ2v) is 10.8. The van der Waals surface area contributed by atoms with E-state index in [1.165, 1.54) is 0 Å². The van der Waals surface area contributed by atoms with E-state index in [1.807, 2.05) is 13.8 Å². The first kappa shape index (κ1) is 21.9. The van der Waals surface area contributed by atoms with Gasteiger partial charge in [-0.25, -0.2) is 0 Å². The van der Waals surface area contributed by atoms with Gasteiger partial charge in [-0.05, 0) is 70.1 Å². The van der Waals surface area contributed by atoms with Crippen LogP contribution in [0.1, 0.15) is 72.1 Å². The SMILES string of the molecule is CCC(O)(CC)C12CC3CC(CC(C(=O)OC(C)C(F)(F)S(=O)(=O)O)(C3)C1)C2. The summed E-state index contributed by atoms with van der Waals surface area (Å²) in [6.45, 7) is 4.61. The molecule has 3 atom stereocenters. The van der Waals surface area contributed by atoms with Crippen LogP contribution in [-0.4, -0.2) is 41.0 Å². The Kier molecular flexibility index (Phi) is 5.16. The van der Waals surface area contributed by atoms with Gasteiger partial charge in [-0.2, -0.15) is 17.2 Å². The van der Waals surface area contributed by atoms with Gasteiger partial charge < -0.3 is 9.84 Å². The average molecular weight is 425 g/mol. The van der Waals surface area contributed by atoms with Crippen LogP contribution in [0, 0.1) is 22.7 Å². The lowest BCUT2D eigenvalue weighted by molar-refractivity contribution is -0.224. The standard InChI is InChI=1S/C19H30F2O6S/c1-4-18(23,5-2)17-9-13-6-14(10-17)8-16(7-13,11-17)15(22)27-12(3)19(20,21)28(24,25)26/h12-14,23H,4-11H2,1-3H3,(H,24,25,26). The zero-order valence-corrected chi connectivity index (χ0v) is 17.4. The van der Waals surface area contributed by atoms with Crippen molar-refractivity contribution in [3.63, 3.8) is 0 Å². The zero-order valence-electron chi connectivity index (χ0n) is 16.6. The van der Waals surface area contributed by atoms with E-state index < -0.39 is 43.9 Å². The highest BCUT2D eigenvalue weighted by molar-refractivity contribution is 7.86. The molecule has 162 valence electrons. The Morgan fingerprint density at radius 2 is 1.68 bits per heavy atom. The van der Waals surface area contributed by atoms with Gasteiger partial charge in [-0.15, -0.1) is 0 Å². The Bertz CT molecular complexity index is 732. The van der Waals surface area contributed by atoms with Crippen LogP contribution in [-0.2, 0) is 19.6 Å². The van der Waals surface area contributed by atoms with E-state index in [-0.39, 0.29) is 11.8 Å². The number of rotatable bonds is 7. The first-order valence-corrected chi connectivity index (χ1v) is 11.5. The maximum atomic E-state index is 13.9. The van der Waals surface area contributed by atoms with Crippen LogP contribution in [0.25, 0.3) is 0 Å². The molecule has 4 bridgehead atoms. The lowest BCUT2D eigenvalue weighted by Crippen LogP contribution is -2.63. The number of esters is 1. The number of carbonyl (C=O) groups is 1. The predicted molar refractivity (Wildman–Crippen MR) is 97.1 cm³/mol. The number of carbonyl (C=O) groups excluding carboxylic acids is 1. The highest BCUT2D eigenvalue weighted by atomic mass is 32.2. The molecule has 0 saturated heterocycles. The molecule has 28 heavy (non-hydrogen) atoms. The Morgan fingerprint density at radius 3 is 2.11 bits per heavy atom. The normalized spacial score (nSPS) is 36.4. The predicted octanol–water partition coefficient (Wildman–Crippen LogP) is 3.54. The van der Waals surface area contributed by atoms with Gasteiger partial charge in [0.1, 0.15) is 0 Å². The summed E-state index contributed by atoms with van der Waals surface area (Å²) in [7, 11) is -5.70. The number of hydrogen-bond donors (Lipinski definition) is 2. The topological polar surface area (TPSA) is 101 Å². The van der Waals surface area contributed by atoms with Crippen molar-refractivity contribution in [2.24, 2.45) is 22.7 Å². The third-order valence-corrected chi connectivity index (χ3v) is 8.77. The van der Waals surface area contributed by atoms with Crippen LogP contribution in [0.2, 0.25) is 0 Å². The van der Waals surface area contributed by atoms with Crippen LogP contribution in [0.4, 0.5) is 8.78 Å². The van der Waals surface area contributed by atoms with Crippen LogP contribution >= 0.6 is 0 Å². The quantitative estimate of drug-likeness (QED) is 0.479. The van der Waals surface area contributed by atoms with Gasteiger partial charge in [0.25, 0.3) is 0 Å². The molecule has 0 aromatic heterocycles. The van der Waals surface area contributed by atoms with E-state index in [1.54, 1.807) is 0 Å². The molecule has 4 saturated carbocycles. The first-order chi connectivity index (χ1) is 12.7. The van der Waals surface area contributed by atoms with Crippen molar-refractivity contribution < 1.29 is 36.4 Å². The molecule has 4 rings (SSSR count). The molecule has 2 N–H and O–H groups in total. The van der Waals surface area contributed by atoms with Crippen molar-refractivity contribution in [2.45, 2.75) is 89.1 Å². The molecule has 4 aliphatic rings. The molecule has 4 aliphatic carbocycles. The molecule has 0 radical (unpaired) electrons. The highest BCUT2D eigenvalue weighted by Gasteiger charge is 2.66. The monoisotopic (exact) mass is 424 g/mol. The van der Waals surface area contributed by atoms with E-state index in [2.05, 4.69) is 0 Å². The Hall–Kier alpha value is -0.800. The van der Waals surface area contributed by atoms with E-state index >= 15 is 0 Å². The van der Waals surface area contributed by atoms with Crippen LogP contribution in [0.5, 0.6) is 0 Å². The van der Waals surface area contributed by atoms with Gasteiger partial charge >= 0.3 is 21.3 Å². The van der Waals surface area contributed by atoms with E-state index in [0.717, 1.165) is 26.2 Å². The van der Waals surface area contributed by atoms with Gasteiger partial charge in [0.2, 0.25) is 0 Å².